The molecule has 4 aromatic rings. The first-order valence-corrected chi connectivity index (χ1v) is 10.7. The van der Waals surface area contributed by atoms with Crippen LogP contribution in [-0.4, -0.2) is 53.2 Å². The molecule has 0 radical (unpaired) electrons. The largest absolute Gasteiger partial charge is 0.484 e. The number of aromatic nitrogens is 8. The molecule has 0 bridgehead atoms. The molecular formula is C21H19ClFN9O. The number of nitrogens with zero attached hydrogens (tertiary/aromatic N) is 9. The van der Waals surface area contributed by atoms with Crippen molar-refractivity contribution in [2.24, 2.45) is 0 Å². The maximum absolute atomic E-state index is 14.5. The first kappa shape index (κ1) is 21.1. The maximum atomic E-state index is 14.5. The van der Waals surface area contributed by atoms with Gasteiger partial charge < -0.3 is 9.64 Å². The minimum atomic E-state index is -0.505. The number of rotatable bonds is 6. The lowest BCUT2D eigenvalue weighted by Gasteiger charge is -2.31. The third kappa shape index (κ3) is 4.87. The highest BCUT2D eigenvalue weighted by Crippen LogP contribution is 2.28. The smallest absolute Gasteiger partial charge is 0.225 e. The monoisotopic (exact) mass is 467 g/mol. The van der Waals surface area contributed by atoms with Crippen LogP contribution in [-0.2, 0) is 6.61 Å². The molecule has 1 aliphatic rings. The highest BCUT2D eigenvalue weighted by atomic mass is 35.5. The molecule has 33 heavy (non-hydrogen) atoms. The fourth-order valence-corrected chi connectivity index (χ4v) is 3.77. The number of tetrazole rings is 1. The van der Waals surface area contributed by atoms with Crippen LogP contribution < -0.4 is 9.64 Å². The Bertz CT molecular complexity index is 1210. The second-order valence-corrected chi connectivity index (χ2v) is 7.96. The average molecular weight is 468 g/mol. The molecule has 168 valence electrons. The van der Waals surface area contributed by atoms with Crippen LogP contribution in [0.1, 0.15) is 30.3 Å². The van der Waals surface area contributed by atoms with Crippen LogP contribution in [0.3, 0.4) is 0 Å². The summed E-state index contributed by atoms with van der Waals surface area (Å²) >= 11 is 5.87. The summed E-state index contributed by atoms with van der Waals surface area (Å²) in [6.07, 6.45) is 8.07. The fourth-order valence-electron chi connectivity index (χ4n) is 3.68. The van der Waals surface area contributed by atoms with Crippen molar-refractivity contribution in [3.63, 3.8) is 0 Å². The lowest BCUT2D eigenvalue weighted by molar-refractivity contribution is 0.284. The van der Waals surface area contributed by atoms with Gasteiger partial charge >= 0.3 is 0 Å². The minimum absolute atomic E-state index is 0.128. The van der Waals surface area contributed by atoms with Crippen LogP contribution in [0.2, 0.25) is 5.02 Å². The van der Waals surface area contributed by atoms with E-state index < -0.39 is 5.82 Å². The van der Waals surface area contributed by atoms with E-state index in [2.05, 4.69) is 40.4 Å². The Labute approximate surface area is 193 Å². The van der Waals surface area contributed by atoms with Gasteiger partial charge in [-0.15, -0.1) is 5.10 Å². The van der Waals surface area contributed by atoms with Gasteiger partial charge in [0.25, 0.3) is 0 Å². The Morgan fingerprint density at radius 3 is 2.64 bits per heavy atom. The van der Waals surface area contributed by atoms with E-state index in [1.54, 1.807) is 36.8 Å². The minimum Gasteiger partial charge on any atom is -0.484 e. The molecule has 3 aromatic heterocycles. The summed E-state index contributed by atoms with van der Waals surface area (Å²) in [6, 6.07) is 6.31. The second kappa shape index (κ2) is 9.41. The van der Waals surface area contributed by atoms with Gasteiger partial charge in [0.2, 0.25) is 5.95 Å². The number of halogens is 2. The number of hydrogen-bond donors (Lipinski definition) is 0. The van der Waals surface area contributed by atoms with Gasteiger partial charge in [0, 0.05) is 31.3 Å². The van der Waals surface area contributed by atoms with Gasteiger partial charge in [0.15, 0.2) is 11.6 Å². The zero-order valence-corrected chi connectivity index (χ0v) is 18.2. The summed E-state index contributed by atoms with van der Waals surface area (Å²) in [7, 11) is 0. The molecule has 0 N–H and O–H groups in total. The zero-order valence-electron chi connectivity index (χ0n) is 17.4. The third-order valence-corrected chi connectivity index (χ3v) is 5.58. The van der Waals surface area contributed by atoms with Gasteiger partial charge in [0.1, 0.15) is 18.8 Å². The molecule has 0 amide bonds. The van der Waals surface area contributed by atoms with Gasteiger partial charge in [-0.05, 0) is 41.5 Å². The highest BCUT2D eigenvalue weighted by Gasteiger charge is 2.24. The van der Waals surface area contributed by atoms with Gasteiger partial charge in [0.05, 0.1) is 28.8 Å². The van der Waals surface area contributed by atoms with E-state index in [0.717, 1.165) is 31.8 Å². The Balaban J connectivity index is 1.20. The van der Waals surface area contributed by atoms with Gasteiger partial charge in [-0.3, -0.25) is 0 Å². The number of benzene rings is 1. The first-order chi connectivity index (χ1) is 16.2. The maximum Gasteiger partial charge on any atom is 0.225 e. The van der Waals surface area contributed by atoms with Gasteiger partial charge in [-0.1, -0.05) is 11.6 Å². The van der Waals surface area contributed by atoms with Crippen molar-refractivity contribution in [1.29, 1.82) is 0 Å². The molecule has 0 aliphatic carbocycles. The van der Waals surface area contributed by atoms with Crippen LogP contribution in [0.4, 0.5) is 10.3 Å². The van der Waals surface area contributed by atoms with Crippen LogP contribution in [0.25, 0.3) is 5.69 Å². The van der Waals surface area contributed by atoms with E-state index in [1.165, 1.54) is 17.1 Å². The zero-order chi connectivity index (χ0) is 22.6. The van der Waals surface area contributed by atoms with Crippen molar-refractivity contribution in [3.8, 4) is 11.4 Å². The quantitative estimate of drug-likeness (QED) is 0.422. The molecule has 0 unspecified atom stereocenters. The number of ether oxygens (including phenoxy) is 1. The molecule has 10 nitrogen and oxygen atoms in total. The predicted octanol–water partition coefficient (Wildman–Crippen LogP) is 3.00. The summed E-state index contributed by atoms with van der Waals surface area (Å²) in [4.78, 5) is 19.8. The topological polar surface area (TPSA) is 108 Å². The first-order valence-electron chi connectivity index (χ1n) is 10.4. The Morgan fingerprint density at radius 1 is 1.09 bits per heavy atom. The molecule has 1 fully saturated rings. The standard InChI is InChI=1S/C21H19ClFN9O/c22-15-10-25-21(26-11-15)31-7-4-14(5-8-31)20-24-6-3-16(28-20)12-33-19-2-1-17(9-18(19)23)32-13-27-29-30-32/h1-3,6,9-11,13-14H,4-5,7-8,12H2. The van der Waals surface area contributed by atoms with E-state index in [4.69, 9.17) is 16.3 Å². The van der Waals surface area contributed by atoms with Crippen LogP contribution in [0.15, 0.2) is 49.2 Å². The molecule has 0 atom stereocenters. The van der Waals surface area contributed by atoms with Crippen LogP contribution in [0.5, 0.6) is 5.75 Å². The van der Waals surface area contributed by atoms with E-state index in [0.29, 0.717) is 22.4 Å². The molecule has 12 heteroatoms. The van der Waals surface area contributed by atoms with E-state index in [9.17, 15) is 4.39 Å². The summed E-state index contributed by atoms with van der Waals surface area (Å²) < 4.78 is 21.5. The lowest BCUT2D eigenvalue weighted by Crippen LogP contribution is -2.34. The van der Waals surface area contributed by atoms with Gasteiger partial charge in [-0.25, -0.2) is 29.0 Å². The Morgan fingerprint density at radius 2 is 1.91 bits per heavy atom. The molecule has 0 spiro atoms. The molecule has 1 aliphatic heterocycles. The van der Waals surface area contributed by atoms with Crippen LogP contribution >= 0.6 is 11.6 Å². The molecule has 1 saturated heterocycles. The van der Waals surface area contributed by atoms with Crippen LogP contribution in [0, 0.1) is 5.82 Å². The second-order valence-electron chi connectivity index (χ2n) is 7.53. The summed E-state index contributed by atoms with van der Waals surface area (Å²) in [5, 5.41) is 11.4. The van der Waals surface area contributed by atoms with Gasteiger partial charge in [-0.2, -0.15) is 0 Å². The van der Waals surface area contributed by atoms with E-state index in [1.807, 2.05) is 0 Å². The molecule has 1 aromatic carbocycles. The Kier molecular flexibility index (Phi) is 6.03. The van der Waals surface area contributed by atoms with Crippen molar-refractivity contribution in [3.05, 3.63) is 71.5 Å². The summed E-state index contributed by atoms with van der Waals surface area (Å²) in [5.41, 5.74) is 1.19. The number of anilines is 1. The average Bonchev–Trinajstić information content (AvgIpc) is 3.39. The third-order valence-electron chi connectivity index (χ3n) is 5.39. The van der Waals surface area contributed by atoms with E-state index in [-0.39, 0.29) is 18.3 Å². The van der Waals surface area contributed by atoms with Crippen molar-refractivity contribution >= 4 is 17.5 Å². The molecule has 0 saturated carbocycles. The highest BCUT2D eigenvalue weighted by molar-refractivity contribution is 6.30. The Hall–Kier alpha value is -3.73. The molecule has 5 rings (SSSR count). The van der Waals surface area contributed by atoms with Crippen molar-refractivity contribution in [2.45, 2.75) is 25.4 Å². The molecule has 4 heterocycles. The predicted molar refractivity (Wildman–Crippen MR) is 117 cm³/mol. The fraction of sp³-hybridized carbons (Fsp3) is 0.286. The van der Waals surface area contributed by atoms with E-state index >= 15 is 0 Å². The van der Waals surface area contributed by atoms with Crippen molar-refractivity contribution in [2.75, 3.05) is 18.0 Å². The normalized spacial score (nSPS) is 14.4. The molecular weight excluding hydrogens is 449 g/mol. The lowest BCUT2D eigenvalue weighted by atomic mass is 9.96. The van der Waals surface area contributed by atoms with Crippen molar-refractivity contribution in [1.82, 2.24) is 40.1 Å². The SMILES string of the molecule is Fc1cc(-n2cnnn2)ccc1OCc1ccnc(C2CCN(c3ncc(Cl)cn3)CC2)n1. The van der Waals surface area contributed by atoms with Crippen molar-refractivity contribution < 1.29 is 9.13 Å². The summed E-state index contributed by atoms with van der Waals surface area (Å²) in [6.45, 7) is 1.73. The number of piperidine rings is 1. The number of hydrogen-bond acceptors (Lipinski definition) is 9. The summed E-state index contributed by atoms with van der Waals surface area (Å²) in [5.74, 6) is 1.29.